The second-order valence-corrected chi connectivity index (χ2v) is 6.01. The van der Waals surface area contributed by atoms with Crippen LogP contribution in [-0.2, 0) is 9.53 Å². The van der Waals surface area contributed by atoms with E-state index in [1.807, 2.05) is 0 Å². The summed E-state index contributed by atoms with van der Waals surface area (Å²) in [6, 6.07) is 5.18. The number of carbonyl (C=O) groups is 1. The molecule has 1 aromatic rings. The van der Waals surface area contributed by atoms with Crippen LogP contribution in [0.25, 0.3) is 0 Å². The molecule has 0 unspecified atom stereocenters. The molecule has 22 heavy (non-hydrogen) atoms. The first-order valence-corrected chi connectivity index (χ1v) is 7.97. The predicted octanol–water partition coefficient (Wildman–Crippen LogP) is 2.54. The molecular formula is C17H25FN2O2. The molecule has 1 aliphatic rings. The van der Waals surface area contributed by atoms with Gasteiger partial charge in [0.15, 0.2) is 0 Å². The molecule has 5 heteroatoms. The van der Waals surface area contributed by atoms with Gasteiger partial charge in [-0.25, -0.2) is 4.39 Å². The van der Waals surface area contributed by atoms with Crippen molar-refractivity contribution in [2.45, 2.75) is 44.8 Å². The molecule has 3 N–H and O–H groups in total. The molecule has 1 aliphatic carbocycles. The summed E-state index contributed by atoms with van der Waals surface area (Å²) in [5.41, 5.74) is 6.08. The largest absolute Gasteiger partial charge is 0.377 e. The molecular weight excluding hydrogens is 283 g/mol. The summed E-state index contributed by atoms with van der Waals surface area (Å²) in [4.78, 5) is 11.6. The van der Waals surface area contributed by atoms with Gasteiger partial charge in [-0.15, -0.1) is 0 Å². The molecule has 3 atom stereocenters. The summed E-state index contributed by atoms with van der Waals surface area (Å²) >= 11 is 0. The first-order chi connectivity index (χ1) is 10.6. The smallest absolute Gasteiger partial charge is 0.239 e. The van der Waals surface area contributed by atoms with Gasteiger partial charge in [0.2, 0.25) is 5.91 Å². The van der Waals surface area contributed by atoms with Gasteiger partial charge in [-0.3, -0.25) is 10.1 Å². The van der Waals surface area contributed by atoms with E-state index in [0.29, 0.717) is 30.7 Å². The Hall–Kier alpha value is -1.46. The van der Waals surface area contributed by atoms with Crippen molar-refractivity contribution in [2.75, 3.05) is 13.2 Å². The predicted molar refractivity (Wildman–Crippen MR) is 83.7 cm³/mol. The van der Waals surface area contributed by atoms with Crippen molar-refractivity contribution in [3.8, 4) is 0 Å². The van der Waals surface area contributed by atoms with Crippen molar-refractivity contribution in [2.24, 2.45) is 11.7 Å². The maximum atomic E-state index is 12.9. The van der Waals surface area contributed by atoms with E-state index >= 15 is 0 Å². The number of ether oxygens (including phenoxy) is 1. The van der Waals surface area contributed by atoms with Crippen molar-refractivity contribution in [1.82, 2.24) is 5.32 Å². The van der Waals surface area contributed by atoms with Crippen molar-refractivity contribution in [3.05, 3.63) is 35.6 Å². The van der Waals surface area contributed by atoms with Crippen LogP contribution in [0.1, 0.15) is 44.2 Å². The summed E-state index contributed by atoms with van der Waals surface area (Å²) in [6.07, 6.45) is 5.15. The Morgan fingerprint density at radius 3 is 2.68 bits per heavy atom. The van der Waals surface area contributed by atoms with Gasteiger partial charge in [0.25, 0.3) is 0 Å². The van der Waals surface area contributed by atoms with Gasteiger partial charge in [0, 0.05) is 6.54 Å². The number of nitrogens with one attached hydrogen (secondary N) is 1. The highest BCUT2D eigenvalue weighted by molar-refractivity contribution is 5.81. The van der Waals surface area contributed by atoms with Crippen molar-refractivity contribution in [3.63, 3.8) is 0 Å². The lowest BCUT2D eigenvalue weighted by atomic mass is 9.88. The van der Waals surface area contributed by atoms with Gasteiger partial charge in [-0.05, 0) is 36.5 Å². The zero-order chi connectivity index (χ0) is 15.9. The number of carbonyl (C=O) groups excluding carboxylic acids is 1. The van der Waals surface area contributed by atoms with Crippen LogP contribution in [0.4, 0.5) is 4.39 Å². The lowest BCUT2D eigenvalue weighted by Gasteiger charge is -2.29. The van der Waals surface area contributed by atoms with Crippen LogP contribution in [0.5, 0.6) is 0 Å². The first kappa shape index (κ1) is 16.9. The molecule has 0 aromatic heterocycles. The van der Waals surface area contributed by atoms with E-state index < -0.39 is 11.9 Å². The summed E-state index contributed by atoms with van der Waals surface area (Å²) < 4.78 is 18.8. The molecule has 1 fully saturated rings. The van der Waals surface area contributed by atoms with E-state index in [2.05, 4.69) is 12.2 Å². The highest BCUT2D eigenvalue weighted by atomic mass is 19.1. The maximum absolute atomic E-state index is 12.9. The zero-order valence-electron chi connectivity index (χ0n) is 13.1. The van der Waals surface area contributed by atoms with Gasteiger partial charge in [0.1, 0.15) is 11.9 Å². The number of rotatable bonds is 7. The number of hydrogen-bond acceptors (Lipinski definition) is 3. The molecule has 1 aromatic carbocycles. The van der Waals surface area contributed by atoms with Crippen LogP contribution in [0.3, 0.4) is 0 Å². The highest BCUT2D eigenvalue weighted by Gasteiger charge is 2.22. The Morgan fingerprint density at radius 1 is 1.36 bits per heavy atom. The van der Waals surface area contributed by atoms with E-state index in [-0.39, 0.29) is 5.82 Å². The molecule has 0 aliphatic heterocycles. The van der Waals surface area contributed by atoms with Crippen LogP contribution >= 0.6 is 0 Å². The molecule has 0 heterocycles. The molecule has 0 saturated heterocycles. The van der Waals surface area contributed by atoms with Gasteiger partial charge in [-0.1, -0.05) is 31.9 Å². The molecule has 122 valence electrons. The number of nitrogens with two attached hydrogens (primary N) is 1. The number of primary amides is 1. The summed E-state index contributed by atoms with van der Waals surface area (Å²) in [7, 11) is 0. The molecule has 0 bridgehead atoms. The number of hydrogen-bond donors (Lipinski definition) is 2. The van der Waals surface area contributed by atoms with E-state index in [4.69, 9.17) is 10.5 Å². The van der Waals surface area contributed by atoms with Crippen LogP contribution in [0.15, 0.2) is 24.3 Å². The Morgan fingerprint density at radius 2 is 2.05 bits per heavy atom. The van der Waals surface area contributed by atoms with Gasteiger partial charge in [0.05, 0.1) is 12.7 Å². The highest BCUT2D eigenvalue weighted by Crippen LogP contribution is 2.26. The van der Waals surface area contributed by atoms with Crippen LogP contribution < -0.4 is 11.1 Å². The average molecular weight is 308 g/mol. The molecule has 1 amide bonds. The van der Waals surface area contributed by atoms with Crippen LogP contribution in [-0.4, -0.2) is 25.2 Å². The topological polar surface area (TPSA) is 64.3 Å². The van der Waals surface area contributed by atoms with Crippen molar-refractivity contribution < 1.29 is 13.9 Å². The van der Waals surface area contributed by atoms with E-state index in [0.717, 1.165) is 6.42 Å². The number of halogens is 1. The second-order valence-electron chi connectivity index (χ2n) is 6.01. The van der Waals surface area contributed by atoms with E-state index in [9.17, 15) is 9.18 Å². The quantitative estimate of drug-likeness (QED) is 0.761. The third kappa shape index (κ3) is 4.78. The fourth-order valence-corrected chi connectivity index (χ4v) is 2.98. The summed E-state index contributed by atoms with van der Waals surface area (Å²) in [5.74, 6) is -0.211. The van der Waals surface area contributed by atoms with Gasteiger partial charge < -0.3 is 10.5 Å². The third-order valence-electron chi connectivity index (χ3n) is 4.30. The van der Waals surface area contributed by atoms with Crippen LogP contribution in [0, 0.1) is 11.7 Å². The van der Waals surface area contributed by atoms with E-state index in [1.165, 1.54) is 31.4 Å². The number of benzene rings is 1. The maximum Gasteiger partial charge on any atom is 0.239 e. The van der Waals surface area contributed by atoms with Crippen molar-refractivity contribution >= 4 is 5.91 Å². The Balaban J connectivity index is 1.79. The molecule has 4 nitrogen and oxygen atoms in total. The minimum Gasteiger partial charge on any atom is -0.377 e. The van der Waals surface area contributed by atoms with Crippen LogP contribution in [0.2, 0.25) is 0 Å². The average Bonchev–Trinajstić information content (AvgIpc) is 2.50. The van der Waals surface area contributed by atoms with Crippen molar-refractivity contribution in [1.29, 1.82) is 0 Å². The standard InChI is InChI=1S/C17H25FN2O2/c1-12-4-2-3-5-15(12)22-11-10-20-16(17(19)21)13-6-8-14(18)9-7-13/h6-9,12,15-16,20H,2-5,10-11H2,1H3,(H2,19,21)/t12-,15-,16-/m1/s1. The van der Waals surface area contributed by atoms with Gasteiger partial charge in [-0.2, -0.15) is 0 Å². The summed E-state index contributed by atoms with van der Waals surface area (Å²) in [6.45, 7) is 3.30. The van der Waals surface area contributed by atoms with Gasteiger partial charge >= 0.3 is 0 Å². The first-order valence-electron chi connectivity index (χ1n) is 7.97. The minimum atomic E-state index is -0.618. The molecule has 1 saturated carbocycles. The molecule has 0 radical (unpaired) electrons. The third-order valence-corrected chi connectivity index (χ3v) is 4.30. The monoisotopic (exact) mass is 308 g/mol. The Bertz CT molecular complexity index is 478. The zero-order valence-corrected chi connectivity index (χ0v) is 13.1. The normalized spacial score (nSPS) is 23.2. The lowest BCUT2D eigenvalue weighted by molar-refractivity contribution is -0.120. The summed E-state index contributed by atoms with van der Waals surface area (Å²) in [5, 5.41) is 3.09. The lowest BCUT2D eigenvalue weighted by Crippen LogP contribution is -2.36. The Kier molecular flexibility index (Phi) is 6.34. The number of amides is 1. The fourth-order valence-electron chi connectivity index (χ4n) is 2.98. The van der Waals surface area contributed by atoms with E-state index in [1.54, 1.807) is 12.1 Å². The SMILES string of the molecule is C[C@@H]1CCCC[C@H]1OCCN[C@@H](C(N)=O)c1ccc(F)cc1. The minimum absolute atomic E-state index is 0.313. The second kappa shape index (κ2) is 8.25. The Labute approximate surface area is 131 Å². The fraction of sp³-hybridized carbons (Fsp3) is 0.588. The molecule has 0 spiro atoms. The molecule has 2 rings (SSSR count).